The number of carbonyl (C=O) groups excluding carboxylic acids is 1. The van der Waals surface area contributed by atoms with Crippen molar-refractivity contribution >= 4 is 17.5 Å². The first kappa shape index (κ1) is 20.8. The lowest BCUT2D eigenvalue weighted by Crippen LogP contribution is -2.50. The number of hydrogen-bond acceptors (Lipinski definition) is 4. The van der Waals surface area contributed by atoms with Gasteiger partial charge < -0.3 is 15.1 Å². The number of rotatable bonds is 3. The molecule has 1 aliphatic rings. The van der Waals surface area contributed by atoms with Crippen molar-refractivity contribution in [1.82, 2.24) is 15.1 Å². The quantitative estimate of drug-likeness (QED) is 0.672. The summed E-state index contributed by atoms with van der Waals surface area (Å²) in [7, 11) is 0. The highest BCUT2D eigenvalue weighted by atomic mass is 16.2. The summed E-state index contributed by atoms with van der Waals surface area (Å²) in [6, 6.07) is 16.4. The Kier molecular flexibility index (Phi) is 5.89. The second kappa shape index (κ2) is 8.76. The van der Waals surface area contributed by atoms with Crippen molar-refractivity contribution in [3.63, 3.8) is 0 Å². The number of hydrogen-bond donors (Lipinski definition) is 1. The van der Waals surface area contributed by atoms with Gasteiger partial charge in [0.25, 0.3) is 0 Å². The molecule has 160 valence electrons. The molecule has 0 unspecified atom stereocenters. The van der Waals surface area contributed by atoms with Crippen molar-refractivity contribution in [3.05, 3.63) is 70.8 Å². The van der Waals surface area contributed by atoms with Gasteiger partial charge >= 0.3 is 6.03 Å². The van der Waals surface area contributed by atoms with Crippen molar-refractivity contribution in [1.29, 1.82) is 0 Å². The van der Waals surface area contributed by atoms with Gasteiger partial charge in [-0.1, -0.05) is 29.8 Å². The lowest BCUT2D eigenvalue weighted by molar-refractivity contribution is 0.208. The van der Waals surface area contributed by atoms with Crippen LogP contribution in [0.2, 0.25) is 0 Å². The lowest BCUT2D eigenvalue weighted by atomic mass is 10.0. The Hall–Kier alpha value is -3.41. The van der Waals surface area contributed by atoms with Crippen molar-refractivity contribution in [2.24, 2.45) is 0 Å². The molecule has 31 heavy (non-hydrogen) atoms. The molecule has 6 heteroatoms. The molecule has 2 heterocycles. The minimum absolute atomic E-state index is 0.0530. The number of anilines is 2. The normalized spacial score (nSPS) is 13.9. The highest BCUT2D eigenvalue weighted by Crippen LogP contribution is 2.22. The van der Waals surface area contributed by atoms with Crippen LogP contribution in [0.15, 0.2) is 48.5 Å². The van der Waals surface area contributed by atoms with Gasteiger partial charge in [0, 0.05) is 37.4 Å². The van der Waals surface area contributed by atoms with Gasteiger partial charge in [0.05, 0.1) is 5.69 Å². The second-order valence-electron chi connectivity index (χ2n) is 8.30. The van der Waals surface area contributed by atoms with E-state index in [4.69, 9.17) is 0 Å². The van der Waals surface area contributed by atoms with Gasteiger partial charge in [-0.05, 0) is 68.7 Å². The maximum Gasteiger partial charge on any atom is 0.321 e. The molecule has 6 nitrogen and oxygen atoms in total. The Bertz CT molecular complexity index is 1090. The number of aromatic nitrogens is 2. The van der Waals surface area contributed by atoms with Crippen molar-refractivity contribution in [3.8, 4) is 11.3 Å². The Balaban J connectivity index is 1.36. The maximum atomic E-state index is 12.7. The van der Waals surface area contributed by atoms with Crippen LogP contribution in [0.5, 0.6) is 0 Å². The number of urea groups is 1. The summed E-state index contributed by atoms with van der Waals surface area (Å²) < 4.78 is 0. The number of piperazine rings is 1. The Morgan fingerprint density at radius 2 is 1.58 bits per heavy atom. The van der Waals surface area contributed by atoms with E-state index in [0.29, 0.717) is 13.1 Å². The van der Waals surface area contributed by atoms with Crippen molar-refractivity contribution in [2.75, 3.05) is 36.4 Å². The molecule has 1 aromatic heterocycles. The van der Waals surface area contributed by atoms with E-state index in [-0.39, 0.29) is 6.03 Å². The van der Waals surface area contributed by atoms with Gasteiger partial charge in [0.2, 0.25) is 0 Å². The summed E-state index contributed by atoms with van der Waals surface area (Å²) in [6.45, 7) is 11.0. The van der Waals surface area contributed by atoms with E-state index >= 15 is 0 Å². The van der Waals surface area contributed by atoms with Crippen LogP contribution in [-0.4, -0.2) is 47.3 Å². The third kappa shape index (κ3) is 4.68. The fraction of sp³-hybridized carbons (Fsp3) is 0.320. The number of nitrogens with one attached hydrogen (secondary N) is 1. The summed E-state index contributed by atoms with van der Waals surface area (Å²) in [5.41, 5.74) is 7.60. The third-order valence-electron chi connectivity index (χ3n) is 5.97. The molecule has 3 aromatic rings. The van der Waals surface area contributed by atoms with E-state index in [1.165, 1.54) is 16.7 Å². The number of amides is 2. The zero-order chi connectivity index (χ0) is 22.0. The summed E-state index contributed by atoms with van der Waals surface area (Å²) in [5, 5.41) is 11.9. The molecule has 1 aliphatic heterocycles. The van der Waals surface area contributed by atoms with Crippen LogP contribution >= 0.6 is 0 Å². The van der Waals surface area contributed by atoms with Crippen molar-refractivity contribution < 1.29 is 4.79 Å². The van der Waals surface area contributed by atoms with Gasteiger partial charge in [0.1, 0.15) is 0 Å². The number of nitrogens with zero attached hydrogens (tertiary/aromatic N) is 4. The van der Waals surface area contributed by atoms with E-state index in [2.05, 4.69) is 65.5 Å². The smallest absolute Gasteiger partial charge is 0.321 e. The average Bonchev–Trinajstić information content (AvgIpc) is 2.78. The third-order valence-corrected chi connectivity index (χ3v) is 5.97. The number of benzene rings is 2. The highest BCUT2D eigenvalue weighted by Gasteiger charge is 2.22. The van der Waals surface area contributed by atoms with Gasteiger partial charge in [-0.15, -0.1) is 10.2 Å². The Labute approximate surface area is 183 Å². The van der Waals surface area contributed by atoms with E-state index in [9.17, 15) is 4.79 Å². The molecule has 1 fully saturated rings. The second-order valence-corrected chi connectivity index (χ2v) is 8.30. The maximum absolute atomic E-state index is 12.7. The van der Waals surface area contributed by atoms with Gasteiger partial charge in [-0.3, -0.25) is 0 Å². The molecule has 0 radical (unpaired) electrons. The lowest BCUT2D eigenvalue weighted by Gasteiger charge is -2.35. The molecule has 4 rings (SSSR count). The molecule has 0 bridgehead atoms. The highest BCUT2D eigenvalue weighted by molar-refractivity contribution is 5.90. The first-order valence-electron chi connectivity index (χ1n) is 10.7. The number of aryl methyl sites for hydroxylation is 4. The standard InChI is InChI=1S/C25H29N5O/c1-17-5-8-22(20(4)15-17)26-25(31)30-13-11-29(12-14-30)24-10-9-23(27-28-24)21-7-6-18(2)19(3)16-21/h5-10,15-16H,11-14H2,1-4H3,(H,26,31). The van der Waals surface area contributed by atoms with E-state index in [1.807, 2.05) is 36.1 Å². The van der Waals surface area contributed by atoms with E-state index in [1.54, 1.807) is 0 Å². The summed E-state index contributed by atoms with van der Waals surface area (Å²) >= 11 is 0. The zero-order valence-electron chi connectivity index (χ0n) is 18.6. The minimum atomic E-state index is -0.0530. The molecule has 0 saturated carbocycles. The van der Waals surface area contributed by atoms with Crippen LogP contribution in [0, 0.1) is 27.7 Å². The fourth-order valence-corrected chi connectivity index (χ4v) is 3.84. The molecule has 0 atom stereocenters. The van der Waals surface area contributed by atoms with Crippen LogP contribution in [0.25, 0.3) is 11.3 Å². The van der Waals surface area contributed by atoms with Crippen LogP contribution < -0.4 is 10.2 Å². The molecular weight excluding hydrogens is 386 g/mol. The van der Waals surface area contributed by atoms with E-state index in [0.717, 1.165) is 41.4 Å². The predicted molar refractivity (Wildman–Crippen MR) is 126 cm³/mol. The first-order chi connectivity index (χ1) is 14.9. The summed E-state index contributed by atoms with van der Waals surface area (Å²) in [5.74, 6) is 0.849. The molecule has 2 amide bonds. The molecule has 1 N–H and O–H groups in total. The van der Waals surface area contributed by atoms with Crippen LogP contribution in [-0.2, 0) is 0 Å². The number of carbonyl (C=O) groups is 1. The fourth-order valence-electron chi connectivity index (χ4n) is 3.84. The Morgan fingerprint density at radius 3 is 2.23 bits per heavy atom. The predicted octanol–water partition coefficient (Wildman–Crippen LogP) is 4.73. The minimum Gasteiger partial charge on any atom is -0.352 e. The largest absolute Gasteiger partial charge is 0.352 e. The summed E-state index contributed by atoms with van der Waals surface area (Å²) in [6.07, 6.45) is 0. The van der Waals surface area contributed by atoms with Crippen molar-refractivity contribution in [2.45, 2.75) is 27.7 Å². The molecule has 2 aromatic carbocycles. The van der Waals surface area contributed by atoms with E-state index < -0.39 is 0 Å². The Morgan fingerprint density at radius 1 is 0.806 bits per heavy atom. The summed E-state index contributed by atoms with van der Waals surface area (Å²) in [4.78, 5) is 16.7. The van der Waals surface area contributed by atoms with Crippen LogP contribution in [0.3, 0.4) is 0 Å². The van der Waals surface area contributed by atoms with Gasteiger partial charge in [-0.2, -0.15) is 0 Å². The molecule has 0 aliphatic carbocycles. The monoisotopic (exact) mass is 415 g/mol. The zero-order valence-corrected chi connectivity index (χ0v) is 18.6. The van der Waals surface area contributed by atoms with Crippen LogP contribution in [0.4, 0.5) is 16.3 Å². The molecule has 0 spiro atoms. The first-order valence-corrected chi connectivity index (χ1v) is 10.7. The average molecular weight is 416 g/mol. The topological polar surface area (TPSA) is 61.4 Å². The van der Waals surface area contributed by atoms with Crippen LogP contribution in [0.1, 0.15) is 22.3 Å². The molecular formula is C25H29N5O. The van der Waals surface area contributed by atoms with Gasteiger partial charge in [-0.25, -0.2) is 4.79 Å². The molecule has 1 saturated heterocycles. The SMILES string of the molecule is Cc1ccc(NC(=O)N2CCN(c3ccc(-c4ccc(C)c(C)c4)nn3)CC2)c(C)c1. The van der Waals surface area contributed by atoms with Gasteiger partial charge in [0.15, 0.2) is 5.82 Å².